The molecule has 0 bridgehead atoms. The van der Waals surface area contributed by atoms with Gasteiger partial charge in [0, 0.05) is 26.1 Å². The number of methoxy groups -OCH3 is 1. The Hall–Kier alpha value is -1.36. The van der Waals surface area contributed by atoms with Crippen LogP contribution in [0.4, 0.5) is 11.6 Å². The first-order valence-electron chi connectivity index (χ1n) is 6.96. The zero-order valence-electron chi connectivity index (χ0n) is 12.7. The van der Waals surface area contributed by atoms with Crippen LogP contribution >= 0.6 is 0 Å². The minimum absolute atomic E-state index is 0.276. The first kappa shape index (κ1) is 15.7. The number of anilines is 2. The van der Waals surface area contributed by atoms with Crippen LogP contribution in [-0.2, 0) is 11.2 Å². The lowest BCUT2D eigenvalue weighted by Crippen LogP contribution is -2.25. The Morgan fingerprint density at radius 3 is 2.42 bits per heavy atom. The summed E-state index contributed by atoms with van der Waals surface area (Å²) < 4.78 is 5.22. The molecule has 0 saturated heterocycles. The second-order valence-electron chi connectivity index (χ2n) is 4.67. The van der Waals surface area contributed by atoms with Crippen molar-refractivity contribution in [1.82, 2.24) is 9.97 Å². The van der Waals surface area contributed by atoms with Crippen molar-refractivity contribution in [3.63, 3.8) is 0 Å². The summed E-state index contributed by atoms with van der Waals surface area (Å²) in [7, 11) is 3.61. The van der Waals surface area contributed by atoms with Crippen LogP contribution in [0.5, 0.6) is 0 Å². The Labute approximate surface area is 116 Å². The molecule has 1 atom stereocenters. The predicted molar refractivity (Wildman–Crippen MR) is 79.9 cm³/mol. The average Bonchev–Trinajstić information content (AvgIpc) is 2.41. The van der Waals surface area contributed by atoms with E-state index in [-0.39, 0.29) is 6.04 Å². The molecular weight excluding hydrogens is 240 g/mol. The summed E-state index contributed by atoms with van der Waals surface area (Å²) in [4.78, 5) is 9.15. The normalized spacial score (nSPS) is 12.3. The molecule has 0 amide bonds. The van der Waals surface area contributed by atoms with Crippen LogP contribution in [0, 0.1) is 6.92 Å². The molecule has 0 fully saturated rings. The van der Waals surface area contributed by atoms with Crippen LogP contribution < -0.4 is 10.6 Å². The number of nitrogens with zero attached hydrogens (tertiary/aromatic N) is 2. The van der Waals surface area contributed by atoms with Crippen molar-refractivity contribution in [1.29, 1.82) is 0 Å². The van der Waals surface area contributed by atoms with Gasteiger partial charge in [-0.1, -0.05) is 13.8 Å². The van der Waals surface area contributed by atoms with Gasteiger partial charge >= 0.3 is 0 Å². The first-order chi connectivity index (χ1) is 9.15. The third-order valence-electron chi connectivity index (χ3n) is 3.10. The largest absolute Gasteiger partial charge is 0.383 e. The maximum Gasteiger partial charge on any atom is 0.135 e. The maximum absolute atomic E-state index is 5.22. The SMILES string of the molecule is CCCc1nc(NC)c(C)c(NC(CC)COC)n1. The summed E-state index contributed by atoms with van der Waals surface area (Å²) in [6.07, 6.45) is 2.93. The Bertz CT molecular complexity index is 395. The molecule has 1 rings (SSSR count). The summed E-state index contributed by atoms with van der Waals surface area (Å²) in [5.74, 6) is 2.69. The molecule has 0 radical (unpaired) electrons. The van der Waals surface area contributed by atoms with Crippen LogP contribution in [0.15, 0.2) is 0 Å². The van der Waals surface area contributed by atoms with Gasteiger partial charge in [0.15, 0.2) is 0 Å². The molecule has 1 aromatic rings. The van der Waals surface area contributed by atoms with Gasteiger partial charge in [-0.25, -0.2) is 9.97 Å². The van der Waals surface area contributed by atoms with E-state index in [0.29, 0.717) is 6.61 Å². The van der Waals surface area contributed by atoms with E-state index in [2.05, 4.69) is 34.4 Å². The molecule has 0 aromatic carbocycles. The molecule has 5 nitrogen and oxygen atoms in total. The summed E-state index contributed by atoms with van der Waals surface area (Å²) >= 11 is 0. The Balaban J connectivity index is 2.99. The minimum Gasteiger partial charge on any atom is -0.383 e. The maximum atomic E-state index is 5.22. The van der Waals surface area contributed by atoms with Crippen molar-refractivity contribution >= 4 is 11.6 Å². The summed E-state index contributed by atoms with van der Waals surface area (Å²) in [6, 6.07) is 0.276. The zero-order valence-corrected chi connectivity index (χ0v) is 12.7. The lowest BCUT2D eigenvalue weighted by Gasteiger charge is -2.19. The highest BCUT2D eigenvalue weighted by molar-refractivity contribution is 5.57. The van der Waals surface area contributed by atoms with Crippen molar-refractivity contribution in [2.75, 3.05) is 31.4 Å². The van der Waals surface area contributed by atoms with E-state index in [9.17, 15) is 0 Å². The van der Waals surface area contributed by atoms with E-state index in [1.807, 2.05) is 14.0 Å². The van der Waals surface area contributed by atoms with Crippen LogP contribution in [-0.4, -0.2) is 36.8 Å². The number of nitrogens with one attached hydrogen (secondary N) is 2. The molecule has 0 aliphatic heterocycles. The smallest absolute Gasteiger partial charge is 0.135 e. The summed E-state index contributed by atoms with van der Waals surface area (Å²) in [5.41, 5.74) is 1.05. The molecule has 19 heavy (non-hydrogen) atoms. The molecule has 108 valence electrons. The minimum atomic E-state index is 0.276. The number of hydrogen-bond acceptors (Lipinski definition) is 5. The molecule has 0 saturated carbocycles. The van der Waals surface area contributed by atoms with E-state index >= 15 is 0 Å². The number of aryl methyl sites for hydroxylation is 1. The molecule has 0 aliphatic carbocycles. The monoisotopic (exact) mass is 266 g/mol. The average molecular weight is 266 g/mol. The van der Waals surface area contributed by atoms with Crippen molar-refractivity contribution in [3.8, 4) is 0 Å². The molecule has 1 aromatic heterocycles. The van der Waals surface area contributed by atoms with Gasteiger partial charge in [-0.3, -0.25) is 0 Å². The van der Waals surface area contributed by atoms with Gasteiger partial charge in [0.2, 0.25) is 0 Å². The number of rotatable bonds is 8. The molecule has 1 unspecified atom stereocenters. The fraction of sp³-hybridized carbons (Fsp3) is 0.714. The van der Waals surface area contributed by atoms with Crippen molar-refractivity contribution in [2.45, 2.75) is 46.1 Å². The van der Waals surface area contributed by atoms with Gasteiger partial charge in [0.25, 0.3) is 0 Å². The molecule has 0 spiro atoms. The Morgan fingerprint density at radius 1 is 1.21 bits per heavy atom. The van der Waals surface area contributed by atoms with Crippen LogP contribution in [0.3, 0.4) is 0 Å². The highest BCUT2D eigenvalue weighted by atomic mass is 16.5. The third-order valence-corrected chi connectivity index (χ3v) is 3.10. The standard InChI is InChI=1S/C14H26N4O/c1-6-8-12-17-13(15-4)10(3)14(18-12)16-11(7-2)9-19-5/h11H,6-9H2,1-5H3,(H2,15,16,17,18). The predicted octanol–water partition coefficient (Wildman–Crippen LogP) is 2.62. The fourth-order valence-electron chi connectivity index (χ4n) is 1.94. The second kappa shape index (κ2) is 7.94. The number of ether oxygens (including phenoxy) is 1. The molecule has 2 N–H and O–H groups in total. The number of hydrogen-bond donors (Lipinski definition) is 2. The van der Waals surface area contributed by atoms with Gasteiger partial charge in [-0.05, 0) is 19.8 Å². The van der Waals surface area contributed by atoms with Crippen molar-refractivity contribution in [3.05, 3.63) is 11.4 Å². The molecule has 1 heterocycles. The Morgan fingerprint density at radius 2 is 1.89 bits per heavy atom. The van der Waals surface area contributed by atoms with Crippen molar-refractivity contribution in [2.24, 2.45) is 0 Å². The lowest BCUT2D eigenvalue weighted by atomic mass is 10.2. The topological polar surface area (TPSA) is 59.1 Å². The van der Waals surface area contributed by atoms with E-state index in [0.717, 1.165) is 42.3 Å². The molecular formula is C14H26N4O. The van der Waals surface area contributed by atoms with Gasteiger partial charge in [-0.15, -0.1) is 0 Å². The highest BCUT2D eigenvalue weighted by Gasteiger charge is 2.13. The van der Waals surface area contributed by atoms with Gasteiger partial charge < -0.3 is 15.4 Å². The van der Waals surface area contributed by atoms with Gasteiger partial charge in [-0.2, -0.15) is 0 Å². The number of aromatic nitrogens is 2. The quantitative estimate of drug-likeness (QED) is 0.757. The van der Waals surface area contributed by atoms with E-state index in [1.54, 1.807) is 7.11 Å². The second-order valence-corrected chi connectivity index (χ2v) is 4.67. The van der Waals surface area contributed by atoms with E-state index in [1.165, 1.54) is 0 Å². The van der Waals surface area contributed by atoms with Gasteiger partial charge in [0.05, 0.1) is 12.6 Å². The highest BCUT2D eigenvalue weighted by Crippen LogP contribution is 2.21. The fourth-order valence-corrected chi connectivity index (χ4v) is 1.94. The van der Waals surface area contributed by atoms with Crippen molar-refractivity contribution < 1.29 is 4.74 Å². The van der Waals surface area contributed by atoms with E-state index < -0.39 is 0 Å². The first-order valence-corrected chi connectivity index (χ1v) is 6.96. The third kappa shape index (κ3) is 4.35. The summed E-state index contributed by atoms with van der Waals surface area (Å²) in [6.45, 7) is 6.98. The van der Waals surface area contributed by atoms with Crippen LogP contribution in [0.2, 0.25) is 0 Å². The lowest BCUT2D eigenvalue weighted by molar-refractivity contribution is 0.184. The zero-order chi connectivity index (χ0) is 14.3. The molecule has 5 heteroatoms. The van der Waals surface area contributed by atoms with Crippen LogP contribution in [0.25, 0.3) is 0 Å². The summed E-state index contributed by atoms with van der Waals surface area (Å²) in [5, 5.41) is 6.59. The van der Waals surface area contributed by atoms with Crippen LogP contribution in [0.1, 0.15) is 38.1 Å². The molecule has 0 aliphatic rings. The van der Waals surface area contributed by atoms with E-state index in [4.69, 9.17) is 4.74 Å². The Kier molecular flexibility index (Phi) is 6.56. The van der Waals surface area contributed by atoms with Gasteiger partial charge in [0.1, 0.15) is 17.5 Å².